The lowest BCUT2D eigenvalue weighted by atomic mass is 9.93. The summed E-state index contributed by atoms with van der Waals surface area (Å²) in [4.78, 5) is 26.7. The Hall–Kier alpha value is -3.07. The number of benzene rings is 2. The Bertz CT molecular complexity index is 1350. The Morgan fingerprint density at radius 3 is 2.84 bits per heavy atom. The lowest BCUT2D eigenvalue weighted by Gasteiger charge is -2.29. The number of anilines is 1. The second kappa shape index (κ2) is 11.1. The Kier molecular flexibility index (Phi) is 7.69. The monoisotopic (exact) mass is 523 g/mol. The predicted molar refractivity (Wildman–Crippen MR) is 143 cm³/mol. The van der Waals surface area contributed by atoms with Crippen molar-refractivity contribution in [2.45, 2.75) is 57.7 Å². The molecule has 1 aromatic heterocycles. The van der Waals surface area contributed by atoms with Crippen molar-refractivity contribution in [2.24, 2.45) is 0 Å². The first-order valence-electron chi connectivity index (χ1n) is 12.8. The van der Waals surface area contributed by atoms with Gasteiger partial charge in [0.1, 0.15) is 5.82 Å². The summed E-state index contributed by atoms with van der Waals surface area (Å²) in [5.74, 6) is -0.854. The van der Waals surface area contributed by atoms with E-state index in [4.69, 9.17) is 11.6 Å². The number of hydrogen-bond donors (Lipinski definition) is 3. The quantitative estimate of drug-likeness (QED) is 0.413. The highest BCUT2D eigenvalue weighted by Gasteiger charge is 2.26. The third-order valence-corrected chi connectivity index (χ3v) is 7.41. The number of carbonyl (C=O) groups excluding carboxylic acids is 1. The average Bonchev–Trinajstić information content (AvgIpc) is 3.37. The van der Waals surface area contributed by atoms with E-state index in [0.29, 0.717) is 23.4 Å². The lowest BCUT2D eigenvalue weighted by molar-refractivity contribution is -0.116. The zero-order valence-corrected chi connectivity index (χ0v) is 21.6. The van der Waals surface area contributed by atoms with Gasteiger partial charge in [0.2, 0.25) is 5.91 Å². The molecular weight excluding hydrogens is 493 g/mol. The molecule has 2 aromatic carbocycles. The van der Waals surface area contributed by atoms with Crippen LogP contribution in [0.3, 0.4) is 0 Å². The molecule has 3 N–H and O–H groups in total. The van der Waals surface area contributed by atoms with Crippen LogP contribution < -0.4 is 16.2 Å². The number of nitrogens with zero attached hydrogens (tertiary/aromatic N) is 2. The minimum absolute atomic E-state index is 0.0554. The molecule has 3 aromatic rings. The molecule has 7 nitrogen and oxygen atoms in total. The second-order valence-electron chi connectivity index (χ2n) is 10.0. The molecule has 2 unspecified atom stereocenters. The van der Waals surface area contributed by atoms with Gasteiger partial charge in [-0.1, -0.05) is 29.8 Å². The first-order chi connectivity index (χ1) is 17.9. The van der Waals surface area contributed by atoms with Crippen molar-refractivity contribution in [3.8, 4) is 11.1 Å². The fraction of sp³-hybridized carbons (Fsp3) is 0.393. The predicted octanol–water partition coefficient (Wildman–Crippen LogP) is 4.82. The third-order valence-electron chi connectivity index (χ3n) is 7.10. The van der Waals surface area contributed by atoms with Gasteiger partial charge in [-0.15, -0.1) is 0 Å². The maximum Gasteiger partial charge on any atom is 0.264 e. The van der Waals surface area contributed by atoms with Crippen molar-refractivity contribution in [3.63, 3.8) is 0 Å². The molecule has 0 spiro atoms. The fourth-order valence-corrected chi connectivity index (χ4v) is 5.61. The van der Waals surface area contributed by atoms with Crippen molar-refractivity contribution in [2.75, 3.05) is 18.4 Å². The van der Waals surface area contributed by atoms with E-state index < -0.39 is 5.82 Å². The minimum Gasteiger partial charge on any atom is -0.324 e. The maximum absolute atomic E-state index is 15.0. The highest BCUT2D eigenvalue weighted by molar-refractivity contribution is 6.33. The number of aromatic amines is 1. The molecule has 1 saturated heterocycles. The normalized spacial score (nSPS) is 19.5. The van der Waals surface area contributed by atoms with Crippen LogP contribution in [0.5, 0.6) is 0 Å². The van der Waals surface area contributed by atoms with Crippen LogP contribution in [0, 0.1) is 5.82 Å². The molecule has 0 bridgehead atoms. The molecular formula is C28H31ClFN5O2. The van der Waals surface area contributed by atoms with Crippen LogP contribution in [0.25, 0.3) is 11.1 Å². The Morgan fingerprint density at radius 1 is 1.22 bits per heavy atom. The van der Waals surface area contributed by atoms with Gasteiger partial charge in [0.15, 0.2) is 0 Å². The van der Waals surface area contributed by atoms with Gasteiger partial charge in [-0.2, -0.15) is 5.10 Å². The molecule has 3 heterocycles. The van der Waals surface area contributed by atoms with Crippen LogP contribution in [-0.4, -0.2) is 40.1 Å². The molecule has 5 rings (SSSR count). The Labute approximate surface area is 220 Å². The number of fused-ring (bicyclic) bond motifs is 1. The molecule has 9 heteroatoms. The van der Waals surface area contributed by atoms with Gasteiger partial charge in [-0.3, -0.25) is 14.5 Å². The molecule has 0 radical (unpaired) electrons. The van der Waals surface area contributed by atoms with Crippen LogP contribution in [0.15, 0.2) is 47.3 Å². The van der Waals surface area contributed by atoms with Crippen LogP contribution in [0.4, 0.5) is 10.1 Å². The minimum atomic E-state index is -0.535. The van der Waals surface area contributed by atoms with Crippen molar-refractivity contribution in [3.05, 3.63) is 80.5 Å². The summed E-state index contributed by atoms with van der Waals surface area (Å²) in [5, 5.41) is 13.1. The van der Waals surface area contributed by atoms with Crippen LogP contribution >= 0.6 is 11.6 Å². The van der Waals surface area contributed by atoms with Crippen LogP contribution in [0.1, 0.15) is 55.5 Å². The lowest BCUT2D eigenvalue weighted by Crippen LogP contribution is -2.39. The van der Waals surface area contributed by atoms with Crippen molar-refractivity contribution in [1.29, 1.82) is 0 Å². The number of rotatable bonds is 7. The fourth-order valence-electron chi connectivity index (χ4n) is 5.34. The number of likely N-dealkylation sites (tertiary alicyclic amines) is 1. The van der Waals surface area contributed by atoms with Gasteiger partial charge >= 0.3 is 0 Å². The molecule has 2 atom stereocenters. The standard InChI is InChI=1S/C28H31ClFN5O2/c1-17-11-20-13-27(37)33-34-28(20)24(31-17)7-8-26(36)32-25-15-22(29)21(14-23(25)30)19-6-4-5-18(12-19)16-35-9-2-3-10-35/h4-6,12-15,17,24,31H,2-3,7-11,16H2,1H3,(H,32,36)(H,33,37). The molecule has 2 aliphatic heterocycles. The molecule has 37 heavy (non-hydrogen) atoms. The number of amides is 1. The summed E-state index contributed by atoms with van der Waals surface area (Å²) in [6.45, 7) is 5.10. The maximum atomic E-state index is 15.0. The van der Waals surface area contributed by atoms with Crippen LogP contribution in [0.2, 0.25) is 5.02 Å². The average molecular weight is 524 g/mol. The summed E-state index contributed by atoms with van der Waals surface area (Å²) in [5.41, 5.74) is 4.06. The van der Waals surface area contributed by atoms with E-state index in [1.807, 2.05) is 19.1 Å². The Morgan fingerprint density at radius 2 is 2.03 bits per heavy atom. The van der Waals surface area contributed by atoms with E-state index in [-0.39, 0.29) is 35.7 Å². The molecule has 0 saturated carbocycles. The zero-order valence-electron chi connectivity index (χ0n) is 20.8. The van der Waals surface area contributed by atoms with E-state index in [0.717, 1.165) is 36.5 Å². The molecule has 1 fully saturated rings. The zero-order chi connectivity index (χ0) is 25.9. The number of nitrogens with one attached hydrogen (secondary N) is 3. The highest BCUT2D eigenvalue weighted by atomic mass is 35.5. The number of hydrogen-bond acceptors (Lipinski definition) is 5. The van der Waals surface area contributed by atoms with Gasteiger partial charge in [0.05, 0.1) is 22.4 Å². The third kappa shape index (κ3) is 6.09. The number of carbonyl (C=O) groups is 1. The number of H-pyrrole nitrogens is 1. The van der Waals surface area contributed by atoms with E-state index in [1.54, 1.807) is 6.07 Å². The SMILES string of the molecule is CC1Cc2cc(=O)[nH]nc2C(CCC(=O)Nc2cc(Cl)c(-c3cccc(CN4CCCC4)c3)cc2F)N1. The van der Waals surface area contributed by atoms with Gasteiger partial charge in [0, 0.05) is 30.6 Å². The van der Waals surface area contributed by atoms with Gasteiger partial charge in [-0.05, 0) is 80.6 Å². The summed E-state index contributed by atoms with van der Waals surface area (Å²) in [6, 6.07) is 12.4. The van der Waals surface area contributed by atoms with Gasteiger partial charge < -0.3 is 10.6 Å². The van der Waals surface area contributed by atoms with Crippen molar-refractivity contribution < 1.29 is 9.18 Å². The van der Waals surface area contributed by atoms with Gasteiger partial charge in [-0.25, -0.2) is 9.49 Å². The summed E-state index contributed by atoms with van der Waals surface area (Å²) in [6.07, 6.45) is 3.77. The van der Waals surface area contributed by atoms with E-state index in [1.165, 1.54) is 30.5 Å². The van der Waals surface area contributed by atoms with E-state index in [9.17, 15) is 9.59 Å². The number of aromatic nitrogens is 2. The Balaban J connectivity index is 1.25. The summed E-state index contributed by atoms with van der Waals surface area (Å²) in [7, 11) is 0. The molecule has 0 aliphatic carbocycles. The van der Waals surface area contributed by atoms with Gasteiger partial charge in [0.25, 0.3) is 5.56 Å². The first kappa shape index (κ1) is 25.6. The van der Waals surface area contributed by atoms with Crippen LogP contribution in [-0.2, 0) is 17.8 Å². The van der Waals surface area contributed by atoms with E-state index >= 15 is 4.39 Å². The first-order valence-corrected chi connectivity index (χ1v) is 13.2. The van der Waals surface area contributed by atoms with Crippen molar-refractivity contribution >= 4 is 23.2 Å². The molecule has 194 valence electrons. The molecule has 1 amide bonds. The molecule has 2 aliphatic rings. The van der Waals surface area contributed by atoms with Crippen molar-refractivity contribution in [1.82, 2.24) is 20.4 Å². The number of halogens is 2. The topological polar surface area (TPSA) is 90.1 Å². The smallest absolute Gasteiger partial charge is 0.264 e. The van der Waals surface area contributed by atoms with E-state index in [2.05, 4.69) is 37.9 Å². The summed E-state index contributed by atoms with van der Waals surface area (Å²) < 4.78 is 15.0. The summed E-state index contributed by atoms with van der Waals surface area (Å²) >= 11 is 6.55. The largest absolute Gasteiger partial charge is 0.324 e. The second-order valence-corrected chi connectivity index (χ2v) is 10.5. The highest BCUT2D eigenvalue weighted by Crippen LogP contribution is 2.33.